The number of nitrogens with zero attached hydrogens (tertiary/aromatic N) is 2. The van der Waals surface area contributed by atoms with Crippen LogP contribution in [0.4, 0.5) is 0 Å². The Hall–Kier alpha value is -3.21. The zero-order chi connectivity index (χ0) is 28.3. The van der Waals surface area contributed by atoms with Gasteiger partial charge in [0.15, 0.2) is 5.69 Å². The summed E-state index contributed by atoms with van der Waals surface area (Å²) < 4.78 is 11.4. The number of esters is 1. The molecule has 0 spiro atoms. The number of aryl methyl sites for hydroxylation is 1. The molecule has 216 valence electrons. The fourth-order valence-corrected chi connectivity index (χ4v) is 4.72. The summed E-state index contributed by atoms with van der Waals surface area (Å²) in [6.07, 6.45) is 22.2. The van der Waals surface area contributed by atoms with Crippen LogP contribution in [0, 0.1) is 0 Å². The number of unbranched alkanes of at least 4 members (excludes halogenated alkanes) is 12. The molecule has 0 bridgehead atoms. The SMILES string of the molecule is CCCCCCCCCCCCOc1ccc(-c2cnc(C(=O)Oc3ccc(CCCCCC)cc3)cn2)cc1. The molecule has 0 saturated carbocycles. The monoisotopic (exact) mass is 544 g/mol. The van der Waals surface area contributed by atoms with Gasteiger partial charge in [0.05, 0.1) is 24.7 Å². The highest BCUT2D eigenvalue weighted by atomic mass is 16.5. The second-order valence-electron chi connectivity index (χ2n) is 10.7. The molecule has 0 aliphatic carbocycles. The zero-order valence-corrected chi connectivity index (χ0v) is 24.7. The van der Waals surface area contributed by atoms with Gasteiger partial charge in [0.1, 0.15) is 11.5 Å². The molecule has 0 N–H and O–H groups in total. The van der Waals surface area contributed by atoms with Crippen LogP contribution in [0.3, 0.4) is 0 Å². The van der Waals surface area contributed by atoms with Crippen LogP contribution in [-0.2, 0) is 6.42 Å². The second kappa shape index (κ2) is 19.0. The molecule has 3 aromatic rings. The molecule has 5 heteroatoms. The van der Waals surface area contributed by atoms with Gasteiger partial charge >= 0.3 is 5.97 Å². The molecule has 1 heterocycles. The van der Waals surface area contributed by atoms with Crippen molar-refractivity contribution in [2.45, 2.75) is 110 Å². The third-order valence-electron chi connectivity index (χ3n) is 7.23. The van der Waals surface area contributed by atoms with Crippen molar-refractivity contribution < 1.29 is 14.3 Å². The number of rotatable bonds is 20. The molecular formula is C35H48N2O3. The number of ether oxygens (including phenoxy) is 2. The molecule has 0 radical (unpaired) electrons. The maximum absolute atomic E-state index is 12.5. The third kappa shape index (κ3) is 11.9. The van der Waals surface area contributed by atoms with Gasteiger partial charge in [0.25, 0.3) is 0 Å². The molecule has 2 aromatic carbocycles. The van der Waals surface area contributed by atoms with Crippen LogP contribution < -0.4 is 9.47 Å². The molecule has 0 amide bonds. The molecule has 0 atom stereocenters. The van der Waals surface area contributed by atoms with Crippen molar-refractivity contribution in [2.24, 2.45) is 0 Å². The normalized spacial score (nSPS) is 10.9. The van der Waals surface area contributed by atoms with Crippen molar-refractivity contribution in [1.29, 1.82) is 0 Å². The van der Waals surface area contributed by atoms with Gasteiger partial charge in [-0.3, -0.25) is 4.98 Å². The Morgan fingerprint density at radius 3 is 1.80 bits per heavy atom. The van der Waals surface area contributed by atoms with Gasteiger partial charge < -0.3 is 9.47 Å². The smallest absolute Gasteiger partial charge is 0.363 e. The summed E-state index contributed by atoms with van der Waals surface area (Å²) in [5.74, 6) is 0.867. The highest BCUT2D eigenvalue weighted by molar-refractivity contribution is 5.88. The number of aromatic nitrogens is 2. The third-order valence-corrected chi connectivity index (χ3v) is 7.23. The van der Waals surface area contributed by atoms with E-state index in [1.165, 1.54) is 95.2 Å². The number of hydrogen-bond acceptors (Lipinski definition) is 5. The molecule has 0 aliphatic rings. The Morgan fingerprint density at radius 1 is 0.625 bits per heavy atom. The number of benzene rings is 2. The van der Waals surface area contributed by atoms with Crippen molar-refractivity contribution >= 4 is 5.97 Å². The fourth-order valence-electron chi connectivity index (χ4n) is 4.72. The van der Waals surface area contributed by atoms with Gasteiger partial charge in [-0.15, -0.1) is 0 Å². The highest BCUT2D eigenvalue weighted by Gasteiger charge is 2.12. The van der Waals surface area contributed by atoms with Gasteiger partial charge in [0.2, 0.25) is 0 Å². The lowest BCUT2D eigenvalue weighted by atomic mass is 10.1. The van der Waals surface area contributed by atoms with Crippen molar-refractivity contribution in [3.05, 3.63) is 72.2 Å². The van der Waals surface area contributed by atoms with Gasteiger partial charge in [0, 0.05) is 5.56 Å². The molecule has 0 saturated heterocycles. The molecule has 40 heavy (non-hydrogen) atoms. The van der Waals surface area contributed by atoms with Gasteiger partial charge in [-0.2, -0.15) is 0 Å². The van der Waals surface area contributed by atoms with Gasteiger partial charge in [-0.25, -0.2) is 9.78 Å². The van der Waals surface area contributed by atoms with E-state index in [9.17, 15) is 4.79 Å². The molecule has 0 aliphatic heterocycles. The predicted molar refractivity (Wildman–Crippen MR) is 164 cm³/mol. The minimum absolute atomic E-state index is 0.184. The molecule has 0 unspecified atom stereocenters. The lowest BCUT2D eigenvalue weighted by molar-refractivity contribution is 0.0728. The zero-order valence-electron chi connectivity index (χ0n) is 24.7. The average Bonchev–Trinajstić information content (AvgIpc) is 2.99. The van der Waals surface area contributed by atoms with E-state index in [4.69, 9.17) is 9.47 Å². The van der Waals surface area contributed by atoms with Crippen LogP contribution in [-0.4, -0.2) is 22.5 Å². The molecule has 5 nitrogen and oxygen atoms in total. The number of hydrogen-bond donors (Lipinski definition) is 0. The first kappa shape index (κ1) is 31.3. The summed E-state index contributed by atoms with van der Waals surface area (Å²) in [6.45, 7) is 5.23. The van der Waals surface area contributed by atoms with E-state index < -0.39 is 5.97 Å². The van der Waals surface area contributed by atoms with Crippen LogP contribution in [0.5, 0.6) is 11.5 Å². The molecule has 1 aromatic heterocycles. The molecule has 3 rings (SSSR count). The van der Waals surface area contributed by atoms with E-state index in [0.717, 1.165) is 30.8 Å². The fraction of sp³-hybridized carbons (Fsp3) is 0.514. The van der Waals surface area contributed by atoms with Gasteiger partial charge in [-0.05, 0) is 61.2 Å². The summed E-state index contributed by atoms with van der Waals surface area (Å²) in [5, 5.41) is 0. The van der Waals surface area contributed by atoms with Crippen LogP contribution in [0.25, 0.3) is 11.3 Å². The Labute approximate surface area is 241 Å². The van der Waals surface area contributed by atoms with E-state index in [2.05, 4.69) is 23.8 Å². The lowest BCUT2D eigenvalue weighted by Crippen LogP contribution is -2.11. The van der Waals surface area contributed by atoms with Crippen molar-refractivity contribution in [3.8, 4) is 22.8 Å². The summed E-state index contributed by atoms with van der Waals surface area (Å²) in [4.78, 5) is 21.3. The van der Waals surface area contributed by atoms with E-state index in [1.54, 1.807) is 6.20 Å². The Morgan fingerprint density at radius 2 is 1.20 bits per heavy atom. The summed E-state index contributed by atoms with van der Waals surface area (Å²) in [5.41, 5.74) is 3.07. The summed E-state index contributed by atoms with van der Waals surface area (Å²) in [7, 11) is 0. The van der Waals surface area contributed by atoms with Crippen molar-refractivity contribution in [2.75, 3.05) is 6.61 Å². The van der Waals surface area contributed by atoms with E-state index in [-0.39, 0.29) is 5.69 Å². The predicted octanol–water partition coefficient (Wildman–Crippen LogP) is 9.79. The van der Waals surface area contributed by atoms with Crippen LogP contribution in [0.15, 0.2) is 60.9 Å². The van der Waals surface area contributed by atoms with Gasteiger partial charge in [-0.1, -0.05) is 103 Å². The highest BCUT2D eigenvalue weighted by Crippen LogP contribution is 2.21. The first-order chi connectivity index (χ1) is 19.7. The van der Waals surface area contributed by atoms with E-state index >= 15 is 0 Å². The Kier molecular flexibility index (Phi) is 14.9. The van der Waals surface area contributed by atoms with Crippen LogP contribution >= 0.6 is 0 Å². The van der Waals surface area contributed by atoms with E-state index in [1.807, 2.05) is 48.5 Å². The lowest BCUT2D eigenvalue weighted by Gasteiger charge is -2.08. The number of carbonyl (C=O) groups is 1. The van der Waals surface area contributed by atoms with E-state index in [0.29, 0.717) is 11.4 Å². The second-order valence-corrected chi connectivity index (χ2v) is 10.7. The first-order valence-electron chi connectivity index (χ1n) is 15.6. The topological polar surface area (TPSA) is 61.3 Å². The van der Waals surface area contributed by atoms with Crippen LogP contribution in [0.1, 0.15) is 120 Å². The first-order valence-corrected chi connectivity index (χ1v) is 15.6. The summed E-state index contributed by atoms with van der Waals surface area (Å²) >= 11 is 0. The van der Waals surface area contributed by atoms with Crippen LogP contribution in [0.2, 0.25) is 0 Å². The Bertz CT molecular complexity index is 1080. The minimum Gasteiger partial charge on any atom is -0.494 e. The maximum atomic E-state index is 12.5. The largest absolute Gasteiger partial charge is 0.494 e. The standard InChI is InChI=1S/C35H48N2O3/c1-3-5-7-9-10-11-12-13-14-16-26-39-31-24-20-30(21-25-31)33-27-37-34(28-36-33)35(38)40-32-22-18-29(19-23-32)17-15-8-6-4-2/h18-25,27-28H,3-17,26H2,1-2H3. The van der Waals surface area contributed by atoms with Crippen molar-refractivity contribution in [1.82, 2.24) is 9.97 Å². The Balaban J connectivity index is 1.35. The molecule has 0 fully saturated rings. The minimum atomic E-state index is -0.509. The van der Waals surface area contributed by atoms with Crippen molar-refractivity contribution in [3.63, 3.8) is 0 Å². The molecular weight excluding hydrogens is 496 g/mol. The maximum Gasteiger partial charge on any atom is 0.363 e. The number of carbonyl (C=O) groups excluding carboxylic acids is 1. The summed E-state index contributed by atoms with van der Waals surface area (Å²) in [6, 6.07) is 15.6. The average molecular weight is 545 g/mol. The quantitative estimate of drug-likeness (QED) is 0.0804.